The Kier molecular flexibility index (Phi) is 5.20. The fourth-order valence-electron chi connectivity index (χ4n) is 3.59. The van der Waals surface area contributed by atoms with Crippen LogP contribution in [-0.4, -0.2) is 38.2 Å². The fraction of sp³-hybridized carbons (Fsp3) is 0.182. The highest BCUT2D eigenvalue weighted by molar-refractivity contribution is 6.46. The van der Waals surface area contributed by atoms with Crippen molar-refractivity contribution in [1.82, 2.24) is 14.9 Å². The maximum absolute atomic E-state index is 12.9. The van der Waals surface area contributed by atoms with E-state index in [9.17, 15) is 14.7 Å². The zero-order valence-electron chi connectivity index (χ0n) is 15.7. The first kappa shape index (κ1) is 18.6. The SMILES string of the molecule is O=C1C(=O)N(CCC[n+]2cc[nH]c2)C(c2ccccn2)C1=C(O)c1ccccc1. The van der Waals surface area contributed by atoms with Gasteiger partial charge in [-0.15, -0.1) is 0 Å². The number of aromatic amines is 1. The van der Waals surface area contributed by atoms with E-state index in [4.69, 9.17) is 0 Å². The molecule has 0 radical (unpaired) electrons. The summed E-state index contributed by atoms with van der Waals surface area (Å²) in [5.74, 6) is -1.48. The van der Waals surface area contributed by atoms with Gasteiger partial charge in [0.1, 0.15) is 24.2 Å². The van der Waals surface area contributed by atoms with E-state index in [1.54, 1.807) is 48.7 Å². The highest BCUT2D eigenvalue weighted by atomic mass is 16.3. The van der Waals surface area contributed by atoms with Gasteiger partial charge in [0.05, 0.1) is 17.8 Å². The van der Waals surface area contributed by atoms with Gasteiger partial charge in [0.2, 0.25) is 6.33 Å². The summed E-state index contributed by atoms with van der Waals surface area (Å²) in [5, 5.41) is 10.9. The first-order valence-electron chi connectivity index (χ1n) is 9.43. The van der Waals surface area contributed by atoms with E-state index < -0.39 is 17.7 Å². The van der Waals surface area contributed by atoms with Crippen LogP contribution in [0.4, 0.5) is 0 Å². The summed E-state index contributed by atoms with van der Waals surface area (Å²) in [7, 11) is 0. The smallest absolute Gasteiger partial charge is 0.295 e. The lowest BCUT2D eigenvalue weighted by atomic mass is 9.98. The molecule has 1 aromatic carbocycles. The molecule has 7 nitrogen and oxygen atoms in total. The summed E-state index contributed by atoms with van der Waals surface area (Å²) in [6.07, 6.45) is 7.83. The lowest BCUT2D eigenvalue weighted by Crippen LogP contribution is -2.36. The zero-order chi connectivity index (χ0) is 20.2. The number of nitrogens with zero attached hydrogens (tertiary/aromatic N) is 3. The lowest BCUT2D eigenvalue weighted by molar-refractivity contribution is -0.695. The molecule has 1 amide bonds. The van der Waals surface area contributed by atoms with Gasteiger partial charge in [-0.25, -0.2) is 4.57 Å². The van der Waals surface area contributed by atoms with Crippen LogP contribution in [0.2, 0.25) is 0 Å². The molecule has 0 aliphatic carbocycles. The van der Waals surface area contributed by atoms with Crippen LogP contribution in [0.1, 0.15) is 23.7 Å². The molecule has 1 aliphatic rings. The standard InChI is InChI=1S/C22H20N4O3/c27-20(16-7-2-1-3-8-16)18-19(17-9-4-5-10-24-17)26(22(29)21(18)28)13-6-12-25-14-11-23-15-25/h1-5,7-11,14-15,19H,6,12-13H2,(H,27,28)/p+1. The van der Waals surface area contributed by atoms with E-state index in [2.05, 4.69) is 9.97 Å². The number of hydrogen-bond donors (Lipinski definition) is 2. The minimum absolute atomic E-state index is 0.0780. The summed E-state index contributed by atoms with van der Waals surface area (Å²) in [6, 6.07) is 13.4. The number of likely N-dealkylation sites (tertiary alicyclic amines) is 1. The molecule has 4 rings (SSSR count). The number of amides is 1. The third-order valence-corrected chi connectivity index (χ3v) is 4.97. The molecule has 1 atom stereocenters. The van der Waals surface area contributed by atoms with Crippen molar-refractivity contribution >= 4 is 17.4 Å². The molecule has 1 unspecified atom stereocenters. The van der Waals surface area contributed by atoms with Crippen LogP contribution < -0.4 is 4.57 Å². The number of aliphatic hydroxyl groups is 1. The van der Waals surface area contributed by atoms with E-state index in [1.807, 2.05) is 29.4 Å². The Labute approximate surface area is 168 Å². The van der Waals surface area contributed by atoms with Crippen LogP contribution in [0.25, 0.3) is 5.76 Å². The molecule has 146 valence electrons. The van der Waals surface area contributed by atoms with E-state index in [-0.39, 0.29) is 11.3 Å². The van der Waals surface area contributed by atoms with Gasteiger partial charge in [-0.1, -0.05) is 36.4 Å². The van der Waals surface area contributed by atoms with Crippen molar-refractivity contribution in [3.8, 4) is 0 Å². The van der Waals surface area contributed by atoms with E-state index in [0.29, 0.717) is 30.8 Å². The number of aromatic nitrogens is 3. The van der Waals surface area contributed by atoms with Gasteiger partial charge in [-0.3, -0.25) is 19.6 Å². The number of aryl methyl sites for hydroxylation is 1. The first-order valence-corrected chi connectivity index (χ1v) is 9.43. The molecule has 3 aromatic rings. The molecule has 0 saturated carbocycles. The van der Waals surface area contributed by atoms with Gasteiger partial charge in [0.25, 0.3) is 11.7 Å². The monoisotopic (exact) mass is 389 g/mol. The van der Waals surface area contributed by atoms with Crippen molar-refractivity contribution < 1.29 is 19.3 Å². The number of nitrogens with one attached hydrogen (secondary N) is 1. The fourth-order valence-corrected chi connectivity index (χ4v) is 3.59. The Hall–Kier alpha value is -3.74. The Bertz CT molecular complexity index is 1030. The molecule has 3 heterocycles. The van der Waals surface area contributed by atoms with Crippen molar-refractivity contribution in [2.45, 2.75) is 19.0 Å². The average Bonchev–Trinajstić information content (AvgIpc) is 3.37. The summed E-state index contributed by atoms with van der Waals surface area (Å²) < 4.78 is 1.97. The molecule has 2 aromatic heterocycles. The molecule has 2 N–H and O–H groups in total. The molecule has 29 heavy (non-hydrogen) atoms. The molecule has 0 bridgehead atoms. The van der Waals surface area contributed by atoms with Crippen LogP contribution in [0.15, 0.2) is 79.0 Å². The second-order valence-electron chi connectivity index (χ2n) is 6.82. The van der Waals surface area contributed by atoms with Crippen LogP contribution in [0.3, 0.4) is 0 Å². The van der Waals surface area contributed by atoms with E-state index >= 15 is 0 Å². The Morgan fingerprint density at radius 2 is 1.93 bits per heavy atom. The van der Waals surface area contributed by atoms with Crippen molar-refractivity contribution in [3.63, 3.8) is 0 Å². The molecule has 1 fully saturated rings. The number of imidazole rings is 1. The van der Waals surface area contributed by atoms with E-state index in [0.717, 1.165) is 0 Å². The molecule has 1 saturated heterocycles. The predicted molar refractivity (Wildman–Crippen MR) is 105 cm³/mol. The van der Waals surface area contributed by atoms with Crippen LogP contribution in [0.5, 0.6) is 0 Å². The minimum atomic E-state index is -0.715. The largest absolute Gasteiger partial charge is 0.507 e. The zero-order valence-corrected chi connectivity index (χ0v) is 15.7. The number of rotatable bonds is 6. The maximum atomic E-state index is 12.9. The van der Waals surface area contributed by atoms with Crippen LogP contribution in [-0.2, 0) is 16.1 Å². The van der Waals surface area contributed by atoms with Crippen molar-refractivity contribution in [1.29, 1.82) is 0 Å². The third-order valence-electron chi connectivity index (χ3n) is 4.97. The molecule has 1 aliphatic heterocycles. The highest BCUT2D eigenvalue weighted by Crippen LogP contribution is 2.38. The Morgan fingerprint density at radius 3 is 2.62 bits per heavy atom. The summed E-state index contributed by atoms with van der Waals surface area (Å²) >= 11 is 0. The van der Waals surface area contributed by atoms with Crippen molar-refractivity contribution in [3.05, 3.63) is 90.3 Å². The first-order chi connectivity index (χ1) is 14.2. The molecule has 7 heteroatoms. The summed E-state index contributed by atoms with van der Waals surface area (Å²) in [5.41, 5.74) is 1.13. The number of carbonyl (C=O) groups is 2. The van der Waals surface area contributed by atoms with Crippen LogP contribution >= 0.6 is 0 Å². The number of carbonyl (C=O) groups excluding carboxylic acids is 2. The highest BCUT2D eigenvalue weighted by Gasteiger charge is 2.46. The number of benzene rings is 1. The number of aliphatic hydroxyl groups excluding tert-OH is 1. The number of hydrogen-bond acceptors (Lipinski definition) is 4. The predicted octanol–water partition coefficient (Wildman–Crippen LogP) is 2.21. The average molecular weight is 389 g/mol. The van der Waals surface area contributed by atoms with Crippen molar-refractivity contribution in [2.24, 2.45) is 0 Å². The second kappa shape index (κ2) is 8.10. The molecular formula is C22H21N4O3+. The Balaban J connectivity index is 1.70. The number of ketones is 1. The lowest BCUT2D eigenvalue weighted by Gasteiger charge is -2.24. The third kappa shape index (κ3) is 3.67. The number of H-pyrrole nitrogens is 1. The maximum Gasteiger partial charge on any atom is 0.295 e. The van der Waals surface area contributed by atoms with Gasteiger partial charge in [-0.2, -0.15) is 0 Å². The summed E-state index contributed by atoms with van der Waals surface area (Å²) in [6.45, 7) is 1.07. The van der Waals surface area contributed by atoms with Gasteiger partial charge >= 0.3 is 0 Å². The number of pyridine rings is 1. The molecule has 0 spiro atoms. The quantitative estimate of drug-likeness (QED) is 0.293. The van der Waals surface area contributed by atoms with Gasteiger partial charge < -0.3 is 10.0 Å². The minimum Gasteiger partial charge on any atom is -0.507 e. The molecular weight excluding hydrogens is 368 g/mol. The van der Waals surface area contributed by atoms with E-state index in [1.165, 1.54) is 4.90 Å². The summed E-state index contributed by atoms with van der Waals surface area (Å²) in [4.78, 5) is 34.5. The van der Waals surface area contributed by atoms with Crippen molar-refractivity contribution in [2.75, 3.05) is 6.54 Å². The Morgan fingerprint density at radius 1 is 1.14 bits per heavy atom. The van der Waals surface area contributed by atoms with Gasteiger partial charge in [0.15, 0.2) is 0 Å². The van der Waals surface area contributed by atoms with Gasteiger partial charge in [-0.05, 0) is 12.1 Å². The van der Waals surface area contributed by atoms with Crippen LogP contribution in [0, 0.1) is 0 Å². The normalized spacial score (nSPS) is 18.3. The second-order valence-corrected chi connectivity index (χ2v) is 6.82. The topological polar surface area (TPSA) is 90.2 Å². The number of Topliss-reactive ketones (excluding diaryl/α,β-unsaturated/α-hetero) is 1. The van der Waals surface area contributed by atoms with Gasteiger partial charge in [0, 0.05) is 24.7 Å².